The second kappa shape index (κ2) is 6.73. The normalized spacial score (nSPS) is 27.9. The van der Waals surface area contributed by atoms with Crippen LogP contribution in [-0.2, 0) is 0 Å². The van der Waals surface area contributed by atoms with E-state index in [1.807, 2.05) is 0 Å². The Hall–Kier alpha value is -1.98. The summed E-state index contributed by atoms with van der Waals surface area (Å²) in [4.78, 5) is 15.0. The number of fused-ring (bicyclic) bond motifs is 3. The standard InChI is InChI=1S/C19H21ClN2O3/c1-12-18(13-8-10-22(12)11-9-13)21-19(23)16-6-7-17(25-16)24-15-4-2-14(20)3-5-15/h2-7,12-13,18H,8-11H2,1H3,(H,21,23). The van der Waals surface area contributed by atoms with Crippen molar-refractivity contribution in [1.82, 2.24) is 10.2 Å². The molecule has 0 radical (unpaired) electrons. The highest BCUT2D eigenvalue weighted by Gasteiger charge is 2.40. The lowest BCUT2D eigenvalue weighted by atomic mass is 9.79. The summed E-state index contributed by atoms with van der Waals surface area (Å²) < 4.78 is 11.2. The van der Waals surface area contributed by atoms with Gasteiger partial charge in [-0.05, 0) is 69.1 Å². The second-order valence-corrected chi connectivity index (χ2v) is 7.22. The van der Waals surface area contributed by atoms with Gasteiger partial charge >= 0.3 is 0 Å². The number of piperidine rings is 3. The molecule has 0 aliphatic carbocycles. The summed E-state index contributed by atoms with van der Waals surface area (Å²) in [6.45, 7) is 4.46. The van der Waals surface area contributed by atoms with E-state index in [-0.39, 0.29) is 23.7 Å². The van der Waals surface area contributed by atoms with E-state index in [9.17, 15) is 4.79 Å². The Morgan fingerprint density at radius 2 is 1.92 bits per heavy atom. The van der Waals surface area contributed by atoms with Crippen LogP contribution in [0, 0.1) is 5.92 Å². The molecule has 0 saturated carbocycles. The molecule has 5 nitrogen and oxygen atoms in total. The summed E-state index contributed by atoms with van der Waals surface area (Å²) in [6, 6.07) is 10.8. The monoisotopic (exact) mass is 360 g/mol. The number of halogens is 1. The molecule has 3 aliphatic heterocycles. The Kier molecular flexibility index (Phi) is 4.44. The first-order chi connectivity index (χ1) is 12.1. The lowest BCUT2D eigenvalue weighted by Crippen LogP contribution is -2.62. The highest BCUT2D eigenvalue weighted by molar-refractivity contribution is 6.30. The summed E-state index contributed by atoms with van der Waals surface area (Å²) >= 11 is 5.86. The molecule has 6 heteroatoms. The summed E-state index contributed by atoms with van der Waals surface area (Å²) in [5.41, 5.74) is 0. The van der Waals surface area contributed by atoms with Gasteiger partial charge in [-0.1, -0.05) is 11.6 Å². The van der Waals surface area contributed by atoms with Gasteiger partial charge in [0.1, 0.15) is 5.75 Å². The van der Waals surface area contributed by atoms with Crippen molar-refractivity contribution in [2.75, 3.05) is 13.1 Å². The van der Waals surface area contributed by atoms with Crippen molar-refractivity contribution in [2.24, 2.45) is 5.92 Å². The Labute approximate surface area is 151 Å². The number of furan rings is 1. The molecule has 2 bridgehead atoms. The summed E-state index contributed by atoms with van der Waals surface area (Å²) in [7, 11) is 0. The Bertz CT molecular complexity index is 748. The van der Waals surface area contributed by atoms with Crippen LogP contribution < -0.4 is 10.1 Å². The van der Waals surface area contributed by atoms with E-state index in [0.717, 1.165) is 25.9 Å². The van der Waals surface area contributed by atoms with E-state index in [1.165, 1.54) is 0 Å². The van der Waals surface area contributed by atoms with E-state index < -0.39 is 0 Å². The van der Waals surface area contributed by atoms with Crippen molar-refractivity contribution in [1.29, 1.82) is 0 Å². The maximum atomic E-state index is 12.5. The average Bonchev–Trinajstić information content (AvgIpc) is 3.09. The number of ether oxygens (including phenoxy) is 1. The predicted octanol–water partition coefficient (Wildman–Crippen LogP) is 3.94. The van der Waals surface area contributed by atoms with Gasteiger partial charge < -0.3 is 14.5 Å². The van der Waals surface area contributed by atoms with Crippen molar-refractivity contribution < 1.29 is 13.9 Å². The number of amides is 1. The zero-order valence-electron chi connectivity index (χ0n) is 14.1. The largest absolute Gasteiger partial charge is 0.426 e. The summed E-state index contributed by atoms with van der Waals surface area (Å²) in [5.74, 6) is 1.54. The van der Waals surface area contributed by atoms with Crippen LogP contribution >= 0.6 is 11.6 Å². The van der Waals surface area contributed by atoms with Gasteiger partial charge in [-0.15, -0.1) is 0 Å². The van der Waals surface area contributed by atoms with E-state index in [0.29, 0.717) is 22.7 Å². The fourth-order valence-electron chi connectivity index (χ4n) is 3.88. The van der Waals surface area contributed by atoms with Gasteiger partial charge in [0.25, 0.3) is 11.9 Å². The molecule has 25 heavy (non-hydrogen) atoms. The predicted molar refractivity (Wildman–Crippen MR) is 95.2 cm³/mol. The molecule has 2 atom stereocenters. The molecule has 3 aliphatic rings. The molecule has 132 valence electrons. The number of hydrogen-bond acceptors (Lipinski definition) is 4. The SMILES string of the molecule is CC1C(NC(=O)c2ccc(Oc3ccc(Cl)cc3)o2)C2CCN1CC2. The van der Waals surface area contributed by atoms with Crippen LogP contribution in [0.15, 0.2) is 40.8 Å². The molecule has 5 rings (SSSR count). The molecule has 1 aromatic heterocycles. The third kappa shape index (κ3) is 3.39. The van der Waals surface area contributed by atoms with Crippen molar-refractivity contribution in [3.8, 4) is 11.7 Å². The lowest BCUT2D eigenvalue weighted by molar-refractivity contribution is 0.0210. The molecule has 2 unspecified atom stereocenters. The molecule has 1 aromatic carbocycles. The third-order valence-electron chi connectivity index (χ3n) is 5.31. The van der Waals surface area contributed by atoms with Crippen LogP contribution in [0.3, 0.4) is 0 Å². The first-order valence-corrected chi connectivity index (χ1v) is 9.06. The van der Waals surface area contributed by atoms with Crippen molar-refractivity contribution in [2.45, 2.75) is 31.8 Å². The minimum Gasteiger partial charge on any atom is -0.426 e. The number of nitrogens with zero attached hydrogens (tertiary/aromatic N) is 1. The van der Waals surface area contributed by atoms with Crippen LogP contribution in [0.4, 0.5) is 0 Å². The molecule has 3 fully saturated rings. The topological polar surface area (TPSA) is 54.7 Å². The molecule has 2 aromatic rings. The summed E-state index contributed by atoms with van der Waals surface area (Å²) in [5, 5.41) is 3.79. The van der Waals surface area contributed by atoms with Gasteiger partial charge in [-0.3, -0.25) is 9.69 Å². The second-order valence-electron chi connectivity index (χ2n) is 6.79. The van der Waals surface area contributed by atoms with Crippen LogP contribution in [0.2, 0.25) is 5.02 Å². The average molecular weight is 361 g/mol. The number of benzene rings is 1. The number of carbonyl (C=O) groups excluding carboxylic acids is 1. The highest BCUT2D eigenvalue weighted by Crippen LogP contribution is 2.32. The van der Waals surface area contributed by atoms with Crippen molar-refractivity contribution in [3.05, 3.63) is 47.2 Å². The van der Waals surface area contributed by atoms with Gasteiger partial charge in [0.15, 0.2) is 5.76 Å². The van der Waals surface area contributed by atoms with Gasteiger partial charge in [0, 0.05) is 23.2 Å². The number of nitrogens with one attached hydrogen (secondary N) is 1. The highest BCUT2D eigenvalue weighted by atomic mass is 35.5. The Morgan fingerprint density at radius 1 is 1.20 bits per heavy atom. The zero-order chi connectivity index (χ0) is 17.4. The minimum atomic E-state index is -0.184. The van der Waals surface area contributed by atoms with Crippen molar-refractivity contribution in [3.63, 3.8) is 0 Å². The number of hydrogen-bond donors (Lipinski definition) is 1. The van der Waals surface area contributed by atoms with Crippen LogP contribution in [0.25, 0.3) is 0 Å². The fourth-order valence-corrected chi connectivity index (χ4v) is 4.01. The Morgan fingerprint density at radius 3 is 2.60 bits per heavy atom. The maximum absolute atomic E-state index is 12.5. The maximum Gasteiger partial charge on any atom is 0.290 e. The van der Waals surface area contributed by atoms with E-state index in [2.05, 4.69) is 17.1 Å². The van der Waals surface area contributed by atoms with Crippen LogP contribution in [0.5, 0.6) is 11.7 Å². The molecular weight excluding hydrogens is 340 g/mol. The Balaban J connectivity index is 1.41. The number of carbonyl (C=O) groups is 1. The zero-order valence-corrected chi connectivity index (χ0v) is 14.8. The van der Waals surface area contributed by atoms with Gasteiger partial charge in [0.2, 0.25) is 0 Å². The molecule has 0 spiro atoms. The van der Waals surface area contributed by atoms with Gasteiger partial charge in [-0.2, -0.15) is 0 Å². The smallest absolute Gasteiger partial charge is 0.290 e. The molecule has 3 saturated heterocycles. The quantitative estimate of drug-likeness (QED) is 0.897. The lowest BCUT2D eigenvalue weighted by Gasteiger charge is -2.49. The number of rotatable bonds is 4. The summed E-state index contributed by atoms with van der Waals surface area (Å²) in [6.07, 6.45) is 2.30. The van der Waals surface area contributed by atoms with Gasteiger partial charge in [0.05, 0.1) is 0 Å². The van der Waals surface area contributed by atoms with Gasteiger partial charge in [-0.25, -0.2) is 0 Å². The minimum absolute atomic E-state index is 0.181. The molecule has 1 N–H and O–H groups in total. The first kappa shape index (κ1) is 16.5. The van der Waals surface area contributed by atoms with E-state index >= 15 is 0 Å². The first-order valence-electron chi connectivity index (χ1n) is 8.68. The van der Waals surface area contributed by atoms with E-state index in [4.69, 9.17) is 20.8 Å². The molecular formula is C19H21ClN2O3. The molecule has 1 amide bonds. The molecule has 4 heterocycles. The van der Waals surface area contributed by atoms with Crippen LogP contribution in [-0.4, -0.2) is 36.0 Å². The fraction of sp³-hybridized carbons (Fsp3) is 0.421. The van der Waals surface area contributed by atoms with Crippen molar-refractivity contribution >= 4 is 17.5 Å². The third-order valence-corrected chi connectivity index (χ3v) is 5.56. The van der Waals surface area contributed by atoms with E-state index in [1.54, 1.807) is 36.4 Å². The van der Waals surface area contributed by atoms with Crippen LogP contribution in [0.1, 0.15) is 30.3 Å².